The summed E-state index contributed by atoms with van der Waals surface area (Å²) in [5.74, 6) is 1.20. The van der Waals surface area contributed by atoms with Crippen molar-refractivity contribution in [2.75, 3.05) is 0 Å². The Kier molecular flexibility index (Phi) is 5.35. The van der Waals surface area contributed by atoms with Gasteiger partial charge >= 0.3 is 0 Å². The van der Waals surface area contributed by atoms with Crippen LogP contribution in [0.2, 0.25) is 0 Å². The molecule has 4 nitrogen and oxygen atoms in total. The molecule has 0 bridgehead atoms. The minimum Gasteiger partial charge on any atom is -0.334 e. The van der Waals surface area contributed by atoms with Crippen LogP contribution in [0, 0.1) is 19.3 Å². The van der Waals surface area contributed by atoms with Gasteiger partial charge in [0.1, 0.15) is 0 Å². The molecule has 2 aromatic heterocycles. The van der Waals surface area contributed by atoms with E-state index in [1.807, 2.05) is 12.3 Å². The van der Waals surface area contributed by atoms with Gasteiger partial charge in [0.05, 0.1) is 5.56 Å². The number of aromatic nitrogens is 3. The molecule has 0 saturated heterocycles. The zero-order chi connectivity index (χ0) is 21.5. The number of benzene rings is 1. The second kappa shape index (κ2) is 7.82. The summed E-state index contributed by atoms with van der Waals surface area (Å²) < 4.78 is 5.74. The molecule has 1 aliphatic rings. The summed E-state index contributed by atoms with van der Waals surface area (Å²) >= 11 is 0. The van der Waals surface area contributed by atoms with Crippen molar-refractivity contribution < 1.29 is 4.52 Å². The van der Waals surface area contributed by atoms with Gasteiger partial charge in [-0.1, -0.05) is 32.0 Å². The topological polar surface area (TPSA) is 51.8 Å². The van der Waals surface area contributed by atoms with Gasteiger partial charge < -0.3 is 4.52 Å². The van der Waals surface area contributed by atoms with Crippen molar-refractivity contribution in [1.82, 2.24) is 15.1 Å². The van der Waals surface area contributed by atoms with Gasteiger partial charge in [0, 0.05) is 17.5 Å². The summed E-state index contributed by atoms with van der Waals surface area (Å²) in [6, 6.07) is 4.27. The molecule has 0 N–H and O–H groups in total. The summed E-state index contributed by atoms with van der Waals surface area (Å²) in [5.41, 5.74) is 9.97. The molecule has 156 valence electrons. The van der Waals surface area contributed by atoms with E-state index < -0.39 is 0 Å². The van der Waals surface area contributed by atoms with Crippen molar-refractivity contribution in [2.24, 2.45) is 5.41 Å². The zero-order valence-corrected chi connectivity index (χ0v) is 18.8. The first-order chi connectivity index (χ1) is 14.3. The van der Waals surface area contributed by atoms with E-state index in [0.29, 0.717) is 17.1 Å². The van der Waals surface area contributed by atoms with Gasteiger partial charge in [-0.15, -0.1) is 6.58 Å². The van der Waals surface area contributed by atoms with Crippen LogP contribution in [-0.2, 0) is 25.7 Å². The van der Waals surface area contributed by atoms with E-state index in [0.717, 1.165) is 43.2 Å². The third-order valence-corrected chi connectivity index (χ3v) is 6.39. The molecule has 0 saturated carbocycles. The number of rotatable bonds is 5. The Bertz CT molecular complexity index is 1080. The van der Waals surface area contributed by atoms with Crippen LogP contribution in [0.1, 0.15) is 60.7 Å². The smallest absolute Gasteiger partial charge is 0.260 e. The Hall–Kier alpha value is -2.75. The summed E-state index contributed by atoms with van der Waals surface area (Å²) in [6.07, 6.45) is 8.92. The first-order valence-corrected chi connectivity index (χ1v) is 10.9. The maximum Gasteiger partial charge on any atom is 0.260 e. The van der Waals surface area contributed by atoms with Crippen molar-refractivity contribution >= 4 is 0 Å². The average Bonchev–Trinajstić information content (AvgIpc) is 3.19. The van der Waals surface area contributed by atoms with Gasteiger partial charge in [-0.25, -0.2) is 0 Å². The minimum absolute atomic E-state index is 0.305. The number of fused-ring (bicyclic) bond motifs is 1. The summed E-state index contributed by atoms with van der Waals surface area (Å²) in [5, 5.41) is 4.31. The van der Waals surface area contributed by atoms with Crippen molar-refractivity contribution in [3.8, 4) is 22.8 Å². The minimum atomic E-state index is 0.305. The molecule has 1 aromatic carbocycles. The molecular weight excluding hydrogens is 370 g/mol. The highest BCUT2D eigenvalue weighted by Crippen LogP contribution is 2.40. The predicted molar refractivity (Wildman–Crippen MR) is 122 cm³/mol. The summed E-state index contributed by atoms with van der Waals surface area (Å²) in [7, 11) is 0. The van der Waals surface area contributed by atoms with Crippen LogP contribution in [0.15, 0.2) is 35.5 Å². The second-order valence-corrected chi connectivity index (χ2v) is 9.27. The maximum atomic E-state index is 5.74. The first-order valence-electron chi connectivity index (χ1n) is 10.9. The van der Waals surface area contributed by atoms with E-state index in [1.165, 1.54) is 33.5 Å². The van der Waals surface area contributed by atoms with Gasteiger partial charge in [-0.05, 0) is 91.3 Å². The zero-order valence-electron chi connectivity index (χ0n) is 18.8. The highest BCUT2D eigenvalue weighted by molar-refractivity contribution is 5.65. The molecule has 0 radical (unpaired) electrons. The van der Waals surface area contributed by atoms with Gasteiger partial charge in [-0.3, -0.25) is 4.98 Å². The summed E-state index contributed by atoms with van der Waals surface area (Å²) in [6.45, 7) is 15.0. The molecule has 30 heavy (non-hydrogen) atoms. The van der Waals surface area contributed by atoms with Crippen LogP contribution in [0.4, 0.5) is 0 Å². The first kappa shape index (κ1) is 20.5. The number of nitrogens with zero attached hydrogens (tertiary/aromatic N) is 3. The molecule has 4 rings (SSSR count). The predicted octanol–water partition coefficient (Wildman–Crippen LogP) is 6.22. The Morgan fingerprint density at radius 2 is 1.90 bits per heavy atom. The highest BCUT2D eigenvalue weighted by Gasteiger charge is 2.30. The maximum absolute atomic E-state index is 5.74. The Balaban J connectivity index is 1.75. The SMILES string of the molecule is C=CCc1c(C)cc(-c2noc(-c3cnc(CC)c4c3CCC(C)(C)C4)n2)cc1C. The molecule has 2 heterocycles. The van der Waals surface area contributed by atoms with E-state index in [1.54, 1.807) is 0 Å². The lowest BCUT2D eigenvalue weighted by molar-refractivity contribution is 0.313. The van der Waals surface area contributed by atoms with E-state index in [2.05, 4.69) is 58.5 Å². The normalized spacial score (nSPS) is 15.1. The fraction of sp³-hybridized carbons (Fsp3) is 0.423. The molecule has 0 unspecified atom stereocenters. The van der Waals surface area contributed by atoms with E-state index in [9.17, 15) is 0 Å². The standard InChI is InChI=1S/C26H31N3O/c1-7-9-19-16(3)12-18(13-17(19)4)24-28-25(30-29-24)22-15-27-23(8-2)21-14-26(5,6)11-10-20(21)22/h7,12-13,15H,1,8-11,14H2,2-6H3. The van der Waals surface area contributed by atoms with Crippen LogP contribution >= 0.6 is 0 Å². The molecule has 4 heteroatoms. The van der Waals surface area contributed by atoms with Crippen molar-refractivity contribution in [2.45, 2.75) is 66.7 Å². The van der Waals surface area contributed by atoms with Crippen LogP contribution in [-0.4, -0.2) is 15.1 Å². The highest BCUT2D eigenvalue weighted by atomic mass is 16.5. The van der Waals surface area contributed by atoms with Crippen LogP contribution in [0.5, 0.6) is 0 Å². The molecule has 0 aliphatic heterocycles. The third-order valence-electron chi connectivity index (χ3n) is 6.39. The lowest BCUT2D eigenvalue weighted by Crippen LogP contribution is -2.24. The lowest BCUT2D eigenvalue weighted by Gasteiger charge is -2.33. The number of aryl methyl sites for hydroxylation is 3. The van der Waals surface area contributed by atoms with Crippen molar-refractivity contribution in [3.05, 3.63) is 64.5 Å². The molecule has 0 spiro atoms. The number of allylic oxidation sites excluding steroid dienone is 1. The lowest BCUT2D eigenvalue weighted by atomic mass is 9.73. The molecule has 3 aromatic rings. The van der Waals surface area contributed by atoms with Gasteiger partial charge in [0.25, 0.3) is 5.89 Å². The Labute approximate surface area is 179 Å². The Morgan fingerprint density at radius 3 is 2.57 bits per heavy atom. The van der Waals surface area contributed by atoms with Crippen LogP contribution in [0.25, 0.3) is 22.8 Å². The molecule has 0 atom stereocenters. The molecule has 0 amide bonds. The monoisotopic (exact) mass is 401 g/mol. The third kappa shape index (κ3) is 3.71. The van der Waals surface area contributed by atoms with Crippen molar-refractivity contribution in [3.63, 3.8) is 0 Å². The largest absolute Gasteiger partial charge is 0.334 e. The molecule has 1 aliphatic carbocycles. The van der Waals surface area contributed by atoms with E-state index >= 15 is 0 Å². The number of hydrogen-bond acceptors (Lipinski definition) is 4. The van der Waals surface area contributed by atoms with E-state index in [4.69, 9.17) is 14.5 Å². The van der Waals surface area contributed by atoms with Crippen LogP contribution in [0.3, 0.4) is 0 Å². The van der Waals surface area contributed by atoms with Crippen LogP contribution < -0.4 is 0 Å². The van der Waals surface area contributed by atoms with Gasteiger partial charge in [0.2, 0.25) is 5.82 Å². The average molecular weight is 402 g/mol. The molecular formula is C26H31N3O. The van der Waals surface area contributed by atoms with E-state index in [-0.39, 0.29) is 0 Å². The number of pyridine rings is 1. The summed E-state index contributed by atoms with van der Waals surface area (Å²) in [4.78, 5) is 9.53. The van der Waals surface area contributed by atoms with Gasteiger partial charge in [0.15, 0.2) is 0 Å². The Morgan fingerprint density at radius 1 is 1.17 bits per heavy atom. The fourth-order valence-electron chi connectivity index (χ4n) is 4.69. The second-order valence-electron chi connectivity index (χ2n) is 9.27. The quantitative estimate of drug-likeness (QED) is 0.476. The van der Waals surface area contributed by atoms with Crippen molar-refractivity contribution in [1.29, 1.82) is 0 Å². The molecule has 0 fully saturated rings. The number of hydrogen-bond donors (Lipinski definition) is 0. The fourth-order valence-corrected chi connectivity index (χ4v) is 4.69. The van der Waals surface area contributed by atoms with Gasteiger partial charge in [-0.2, -0.15) is 4.98 Å².